The summed E-state index contributed by atoms with van der Waals surface area (Å²) in [6.45, 7) is 1.73. The molecule has 0 radical (unpaired) electrons. The van der Waals surface area contributed by atoms with Crippen molar-refractivity contribution in [3.05, 3.63) is 29.5 Å². The summed E-state index contributed by atoms with van der Waals surface area (Å²) in [5, 5.41) is 15.4. The van der Waals surface area contributed by atoms with E-state index in [1.54, 1.807) is 12.4 Å². The lowest BCUT2D eigenvalue weighted by Crippen LogP contribution is -2.37. The van der Waals surface area contributed by atoms with Crippen molar-refractivity contribution in [1.29, 1.82) is 0 Å². The van der Waals surface area contributed by atoms with Crippen LogP contribution in [0.5, 0.6) is 0 Å². The van der Waals surface area contributed by atoms with Gasteiger partial charge in [-0.3, -0.25) is 4.79 Å². The SMILES string of the molecule is Cn1cnnc1Sc1ccc(NC(=O)C2CCCNC2)cc1Cl. The summed E-state index contributed by atoms with van der Waals surface area (Å²) in [4.78, 5) is 13.1. The molecule has 1 aliphatic rings. The van der Waals surface area contributed by atoms with Gasteiger partial charge >= 0.3 is 0 Å². The number of halogens is 1. The number of anilines is 1. The molecular weight excluding hydrogens is 334 g/mol. The Hall–Kier alpha value is -1.57. The highest BCUT2D eigenvalue weighted by Crippen LogP contribution is 2.33. The number of amides is 1. The van der Waals surface area contributed by atoms with Crippen molar-refractivity contribution in [3.8, 4) is 0 Å². The Morgan fingerprint density at radius 1 is 1.52 bits per heavy atom. The van der Waals surface area contributed by atoms with Crippen LogP contribution in [0, 0.1) is 5.92 Å². The van der Waals surface area contributed by atoms with Crippen LogP contribution >= 0.6 is 23.4 Å². The predicted molar refractivity (Wildman–Crippen MR) is 90.8 cm³/mol. The van der Waals surface area contributed by atoms with E-state index in [1.807, 2.05) is 23.7 Å². The van der Waals surface area contributed by atoms with Crippen LogP contribution in [0.4, 0.5) is 5.69 Å². The van der Waals surface area contributed by atoms with Crippen molar-refractivity contribution in [2.24, 2.45) is 13.0 Å². The minimum absolute atomic E-state index is 0.0234. The van der Waals surface area contributed by atoms with Gasteiger partial charge in [0.25, 0.3) is 0 Å². The largest absolute Gasteiger partial charge is 0.326 e. The molecule has 0 aliphatic carbocycles. The second-order valence-corrected chi connectivity index (χ2v) is 6.92. The maximum absolute atomic E-state index is 12.2. The molecule has 3 rings (SSSR count). The molecule has 2 heterocycles. The van der Waals surface area contributed by atoms with E-state index in [9.17, 15) is 4.79 Å². The number of aromatic nitrogens is 3. The molecule has 1 fully saturated rings. The number of hydrogen-bond donors (Lipinski definition) is 2. The number of benzene rings is 1. The number of carbonyl (C=O) groups excluding carboxylic acids is 1. The quantitative estimate of drug-likeness (QED) is 0.885. The predicted octanol–water partition coefficient (Wildman–Crippen LogP) is 2.56. The summed E-state index contributed by atoms with van der Waals surface area (Å²) in [5.74, 6) is 0.0668. The molecule has 1 aromatic heterocycles. The van der Waals surface area contributed by atoms with Gasteiger partial charge in [0, 0.05) is 24.2 Å². The van der Waals surface area contributed by atoms with Gasteiger partial charge in [-0.25, -0.2) is 0 Å². The lowest BCUT2D eigenvalue weighted by atomic mass is 9.99. The minimum Gasteiger partial charge on any atom is -0.326 e. The van der Waals surface area contributed by atoms with Crippen LogP contribution in [0.3, 0.4) is 0 Å². The third-order valence-electron chi connectivity index (χ3n) is 3.74. The van der Waals surface area contributed by atoms with Crippen LogP contribution in [0.1, 0.15) is 12.8 Å². The van der Waals surface area contributed by atoms with Crippen molar-refractivity contribution >= 4 is 35.0 Å². The molecule has 0 bridgehead atoms. The first kappa shape index (κ1) is 16.3. The summed E-state index contributed by atoms with van der Waals surface area (Å²) in [5.41, 5.74) is 0.716. The Labute approximate surface area is 144 Å². The Morgan fingerprint density at radius 2 is 2.39 bits per heavy atom. The lowest BCUT2D eigenvalue weighted by Gasteiger charge is -2.22. The maximum atomic E-state index is 12.2. The van der Waals surface area contributed by atoms with E-state index in [-0.39, 0.29) is 11.8 Å². The molecule has 23 heavy (non-hydrogen) atoms. The lowest BCUT2D eigenvalue weighted by molar-refractivity contribution is -0.120. The number of rotatable bonds is 4. The normalized spacial score (nSPS) is 17.9. The zero-order chi connectivity index (χ0) is 16.2. The van der Waals surface area contributed by atoms with Crippen molar-refractivity contribution in [2.75, 3.05) is 18.4 Å². The Kier molecular flexibility index (Phi) is 5.20. The van der Waals surface area contributed by atoms with Gasteiger partial charge in [-0.1, -0.05) is 11.6 Å². The molecule has 0 saturated carbocycles. The molecule has 1 aliphatic heterocycles. The summed E-state index contributed by atoms with van der Waals surface area (Å²) < 4.78 is 1.83. The number of carbonyl (C=O) groups is 1. The number of piperidine rings is 1. The fourth-order valence-electron chi connectivity index (χ4n) is 2.44. The molecule has 2 N–H and O–H groups in total. The first-order valence-electron chi connectivity index (χ1n) is 7.46. The molecule has 122 valence electrons. The second-order valence-electron chi connectivity index (χ2n) is 5.50. The minimum atomic E-state index is 0.0234. The average molecular weight is 352 g/mol. The molecule has 1 unspecified atom stereocenters. The molecule has 1 atom stereocenters. The van der Waals surface area contributed by atoms with E-state index >= 15 is 0 Å². The van der Waals surface area contributed by atoms with E-state index in [0.29, 0.717) is 10.7 Å². The fraction of sp³-hybridized carbons (Fsp3) is 0.400. The van der Waals surface area contributed by atoms with E-state index in [0.717, 1.165) is 36.0 Å². The van der Waals surface area contributed by atoms with Crippen molar-refractivity contribution < 1.29 is 4.79 Å². The summed E-state index contributed by atoms with van der Waals surface area (Å²) in [7, 11) is 1.88. The molecule has 8 heteroatoms. The van der Waals surface area contributed by atoms with Crippen molar-refractivity contribution in [1.82, 2.24) is 20.1 Å². The maximum Gasteiger partial charge on any atom is 0.228 e. The van der Waals surface area contributed by atoms with E-state index in [2.05, 4.69) is 20.8 Å². The average Bonchev–Trinajstić information content (AvgIpc) is 2.96. The van der Waals surface area contributed by atoms with Gasteiger partial charge in [-0.05, 0) is 49.3 Å². The standard InChI is InChI=1S/C15H18ClN5OS/c1-21-9-18-20-15(21)23-13-5-4-11(7-12(13)16)19-14(22)10-3-2-6-17-8-10/h4-5,7,9-10,17H,2-3,6,8H2,1H3,(H,19,22). The highest BCUT2D eigenvalue weighted by Gasteiger charge is 2.21. The Balaban J connectivity index is 1.66. The molecule has 0 spiro atoms. The monoisotopic (exact) mass is 351 g/mol. The van der Waals surface area contributed by atoms with E-state index in [1.165, 1.54) is 11.8 Å². The van der Waals surface area contributed by atoms with Gasteiger partial charge in [0.05, 0.1) is 10.9 Å². The fourth-order valence-corrected chi connectivity index (χ4v) is 3.51. The van der Waals surface area contributed by atoms with Crippen LogP contribution < -0.4 is 10.6 Å². The molecule has 1 amide bonds. The molecule has 6 nitrogen and oxygen atoms in total. The third-order valence-corrected chi connectivity index (χ3v) is 5.29. The number of hydrogen-bond acceptors (Lipinski definition) is 5. The van der Waals surface area contributed by atoms with Crippen LogP contribution in [0.25, 0.3) is 0 Å². The first-order valence-corrected chi connectivity index (χ1v) is 8.66. The Morgan fingerprint density at radius 3 is 3.04 bits per heavy atom. The smallest absolute Gasteiger partial charge is 0.228 e. The second kappa shape index (κ2) is 7.33. The van der Waals surface area contributed by atoms with Gasteiger partial charge in [0.1, 0.15) is 6.33 Å². The van der Waals surface area contributed by atoms with E-state index in [4.69, 9.17) is 11.6 Å². The first-order chi connectivity index (χ1) is 11.1. The zero-order valence-electron chi connectivity index (χ0n) is 12.8. The zero-order valence-corrected chi connectivity index (χ0v) is 14.3. The van der Waals surface area contributed by atoms with Crippen molar-refractivity contribution in [3.63, 3.8) is 0 Å². The topological polar surface area (TPSA) is 71.8 Å². The van der Waals surface area contributed by atoms with Crippen molar-refractivity contribution in [2.45, 2.75) is 22.9 Å². The van der Waals surface area contributed by atoms with Gasteiger partial charge in [0.15, 0.2) is 5.16 Å². The number of nitrogens with zero attached hydrogens (tertiary/aromatic N) is 3. The third kappa shape index (κ3) is 4.04. The molecule has 2 aromatic rings. The Bertz CT molecular complexity index is 699. The van der Waals surface area contributed by atoms with E-state index < -0.39 is 0 Å². The highest BCUT2D eigenvalue weighted by molar-refractivity contribution is 7.99. The van der Waals surface area contributed by atoms with Crippen LogP contribution in [0.15, 0.2) is 34.6 Å². The molecular formula is C15H18ClN5OS. The van der Waals surface area contributed by atoms with Gasteiger partial charge in [-0.2, -0.15) is 0 Å². The molecule has 1 aromatic carbocycles. The summed E-state index contributed by atoms with van der Waals surface area (Å²) >= 11 is 7.76. The van der Waals surface area contributed by atoms with Gasteiger partial charge in [0.2, 0.25) is 5.91 Å². The van der Waals surface area contributed by atoms with Gasteiger partial charge in [-0.15, -0.1) is 10.2 Å². The van der Waals surface area contributed by atoms with Crippen LogP contribution in [0.2, 0.25) is 5.02 Å². The number of aryl methyl sites for hydroxylation is 1. The van der Waals surface area contributed by atoms with Crippen LogP contribution in [-0.2, 0) is 11.8 Å². The van der Waals surface area contributed by atoms with Gasteiger partial charge < -0.3 is 15.2 Å². The number of nitrogens with one attached hydrogen (secondary N) is 2. The highest BCUT2D eigenvalue weighted by atomic mass is 35.5. The van der Waals surface area contributed by atoms with Crippen LogP contribution in [-0.4, -0.2) is 33.8 Å². The summed E-state index contributed by atoms with van der Waals surface area (Å²) in [6, 6.07) is 5.52. The molecule has 1 saturated heterocycles. The summed E-state index contributed by atoms with van der Waals surface area (Å²) in [6.07, 6.45) is 3.60.